The van der Waals surface area contributed by atoms with Crippen LogP contribution in [0.25, 0.3) is 10.2 Å². The van der Waals surface area contributed by atoms with Crippen molar-refractivity contribution >= 4 is 54.9 Å². The molecule has 1 aromatic carbocycles. The zero-order valence-corrected chi connectivity index (χ0v) is 20.2. The number of fused-ring (bicyclic) bond motifs is 3. The number of amides is 1. The topological polar surface area (TPSA) is 61.4 Å². The van der Waals surface area contributed by atoms with E-state index in [9.17, 15) is 4.79 Å². The van der Waals surface area contributed by atoms with Gasteiger partial charge >= 0.3 is 0 Å². The van der Waals surface area contributed by atoms with Crippen LogP contribution in [0.4, 0.5) is 11.5 Å². The highest BCUT2D eigenvalue weighted by molar-refractivity contribution is 9.10. The molecule has 6 nitrogen and oxygen atoms in total. The number of aryl methyl sites for hydroxylation is 1. The molecule has 1 saturated heterocycles. The maximum absolute atomic E-state index is 13.2. The molecule has 1 fully saturated rings. The summed E-state index contributed by atoms with van der Waals surface area (Å²) in [6.45, 7) is 1.73. The molecular formula is C23H26BrN5OS. The molecule has 1 amide bonds. The van der Waals surface area contributed by atoms with Crippen LogP contribution < -0.4 is 5.32 Å². The zero-order valence-electron chi connectivity index (χ0n) is 17.8. The third-order valence-electron chi connectivity index (χ3n) is 6.49. The van der Waals surface area contributed by atoms with Crippen molar-refractivity contribution in [3.8, 4) is 0 Å². The first-order chi connectivity index (χ1) is 15.0. The number of anilines is 2. The molecule has 1 aliphatic heterocycles. The largest absolute Gasteiger partial charge is 0.341 e. The average Bonchev–Trinajstić information content (AvgIpc) is 3.38. The zero-order chi connectivity index (χ0) is 21.5. The second kappa shape index (κ2) is 8.48. The van der Waals surface area contributed by atoms with Crippen molar-refractivity contribution in [1.29, 1.82) is 0 Å². The van der Waals surface area contributed by atoms with Gasteiger partial charge in [-0.15, -0.1) is 11.3 Å². The predicted octanol–water partition coefficient (Wildman–Crippen LogP) is 4.46. The lowest BCUT2D eigenvalue weighted by Crippen LogP contribution is -2.39. The molecule has 8 heteroatoms. The Hall–Kier alpha value is -2.03. The van der Waals surface area contributed by atoms with Gasteiger partial charge in [-0.3, -0.25) is 4.79 Å². The summed E-state index contributed by atoms with van der Waals surface area (Å²) in [6.07, 6.45) is 5.30. The molecule has 0 spiro atoms. The molecule has 3 aromatic rings. The fourth-order valence-electron chi connectivity index (χ4n) is 4.74. The van der Waals surface area contributed by atoms with Crippen molar-refractivity contribution < 1.29 is 4.79 Å². The van der Waals surface area contributed by atoms with Gasteiger partial charge in [-0.2, -0.15) is 0 Å². The summed E-state index contributed by atoms with van der Waals surface area (Å²) in [7, 11) is 4.20. The third kappa shape index (κ3) is 4.08. The van der Waals surface area contributed by atoms with Gasteiger partial charge in [-0.25, -0.2) is 9.97 Å². The first kappa shape index (κ1) is 20.8. The number of nitrogens with zero attached hydrogens (tertiary/aromatic N) is 4. The number of halogens is 1. The Morgan fingerprint density at radius 3 is 2.94 bits per heavy atom. The van der Waals surface area contributed by atoms with E-state index in [-0.39, 0.29) is 5.92 Å². The highest BCUT2D eigenvalue weighted by Gasteiger charge is 2.35. The molecule has 1 N–H and O–H groups in total. The molecule has 0 bridgehead atoms. The van der Waals surface area contributed by atoms with Crippen molar-refractivity contribution in [3.63, 3.8) is 0 Å². The standard InChI is InChI=1S/C23H26BrN5OS/c1-28(2)17-8-9-29(12-17)23(30)14-6-7-18-19(10-14)31-22-20(18)21(25-13-26-22)27-16-5-3-4-15(24)11-16/h3-5,11,13-14,17H,6-10,12H2,1-2H3,(H,25,26,27)/t14?,17-/m1/s1. The van der Waals surface area contributed by atoms with Gasteiger partial charge in [0.2, 0.25) is 5.91 Å². The molecule has 0 radical (unpaired) electrons. The Labute approximate surface area is 194 Å². The average molecular weight is 500 g/mol. The van der Waals surface area contributed by atoms with Gasteiger partial charge in [-0.05, 0) is 63.5 Å². The van der Waals surface area contributed by atoms with Crippen LogP contribution in [-0.2, 0) is 17.6 Å². The monoisotopic (exact) mass is 499 g/mol. The number of hydrogen-bond acceptors (Lipinski definition) is 6. The third-order valence-corrected chi connectivity index (χ3v) is 8.14. The number of hydrogen-bond donors (Lipinski definition) is 1. The number of benzene rings is 1. The van der Waals surface area contributed by atoms with Crippen LogP contribution in [0.2, 0.25) is 0 Å². The molecule has 162 valence electrons. The second-order valence-corrected chi connectivity index (χ2v) is 10.7. The summed E-state index contributed by atoms with van der Waals surface area (Å²) in [5, 5.41) is 4.58. The number of carbonyl (C=O) groups excluding carboxylic acids is 1. The van der Waals surface area contributed by atoms with E-state index in [0.717, 1.165) is 65.0 Å². The summed E-state index contributed by atoms with van der Waals surface area (Å²) in [5.41, 5.74) is 2.30. The molecule has 5 rings (SSSR count). The van der Waals surface area contributed by atoms with Crippen LogP contribution in [0.5, 0.6) is 0 Å². The van der Waals surface area contributed by atoms with Crippen LogP contribution in [0.15, 0.2) is 35.1 Å². The minimum Gasteiger partial charge on any atom is -0.341 e. The van der Waals surface area contributed by atoms with Crippen LogP contribution in [0.3, 0.4) is 0 Å². The Morgan fingerprint density at radius 2 is 2.16 bits per heavy atom. The van der Waals surface area contributed by atoms with E-state index in [2.05, 4.69) is 55.1 Å². The number of aromatic nitrogens is 2. The maximum Gasteiger partial charge on any atom is 0.226 e. The number of nitrogens with one attached hydrogen (secondary N) is 1. The lowest BCUT2D eigenvalue weighted by Gasteiger charge is -2.27. The molecule has 0 saturated carbocycles. The van der Waals surface area contributed by atoms with Crippen molar-refractivity contribution in [2.75, 3.05) is 32.5 Å². The SMILES string of the molecule is CN(C)[C@@H]1CCN(C(=O)C2CCc3c(sc4ncnc(Nc5cccc(Br)c5)c34)C2)C1. The van der Waals surface area contributed by atoms with Gasteiger partial charge in [0.05, 0.1) is 5.39 Å². The summed E-state index contributed by atoms with van der Waals surface area (Å²) < 4.78 is 1.02. The summed E-state index contributed by atoms with van der Waals surface area (Å²) in [5.74, 6) is 1.25. The molecular weight excluding hydrogens is 474 g/mol. The van der Waals surface area contributed by atoms with Gasteiger partial charge in [0.25, 0.3) is 0 Å². The van der Waals surface area contributed by atoms with Gasteiger partial charge in [0, 0.05) is 40.1 Å². The minimum atomic E-state index is 0.0796. The van der Waals surface area contributed by atoms with Crippen molar-refractivity contribution in [2.45, 2.75) is 31.7 Å². The predicted molar refractivity (Wildman–Crippen MR) is 129 cm³/mol. The van der Waals surface area contributed by atoms with Gasteiger partial charge in [0.15, 0.2) is 0 Å². The Balaban J connectivity index is 1.38. The minimum absolute atomic E-state index is 0.0796. The van der Waals surface area contributed by atoms with Gasteiger partial charge in [-0.1, -0.05) is 22.0 Å². The fraction of sp³-hybridized carbons (Fsp3) is 0.435. The van der Waals surface area contributed by atoms with Gasteiger partial charge in [0.1, 0.15) is 17.0 Å². The molecule has 2 aliphatic rings. The van der Waals surface area contributed by atoms with Crippen LogP contribution in [0, 0.1) is 5.92 Å². The number of likely N-dealkylation sites (tertiary alicyclic amines) is 1. The Kier molecular flexibility index (Phi) is 5.71. The van der Waals surface area contributed by atoms with Crippen LogP contribution >= 0.6 is 27.3 Å². The van der Waals surface area contributed by atoms with Crippen molar-refractivity contribution in [2.24, 2.45) is 5.92 Å². The molecule has 3 heterocycles. The van der Waals surface area contributed by atoms with E-state index in [1.807, 2.05) is 24.3 Å². The normalized spacial score (nSPS) is 21.0. The van der Waals surface area contributed by atoms with Crippen molar-refractivity contribution in [1.82, 2.24) is 19.8 Å². The summed E-state index contributed by atoms with van der Waals surface area (Å²) in [4.78, 5) is 28.9. The summed E-state index contributed by atoms with van der Waals surface area (Å²) >= 11 is 5.25. The number of likely N-dealkylation sites (N-methyl/N-ethyl adjacent to an activating group) is 1. The van der Waals surface area contributed by atoms with Crippen LogP contribution in [0.1, 0.15) is 23.3 Å². The Bertz CT molecular complexity index is 1130. The van der Waals surface area contributed by atoms with Crippen LogP contribution in [-0.4, -0.2) is 58.9 Å². The molecule has 1 unspecified atom stereocenters. The quantitative estimate of drug-likeness (QED) is 0.573. The van der Waals surface area contributed by atoms with E-state index >= 15 is 0 Å². The lowest BCUT2D eigenvalue weighted by molar-refractivity contribution is -0.134. The molecule has 31 heavy (non-hydrogen) atoms. The summed E-state index contributed by atoms with van der Waals surface area (Å²) in [6, 6.07) is 8.56. The van der Waals surface area contributed by atoms with E-state index in [1.165, 1.54) is 10.4 Å². The molecule has 2 aromatic heterocycles. The fourth-order valence-corrected chi connectivity index (χ4v) is 6.41. The van der Waals surface area contributed by atoms with Crippen molar-refractivity contribution in [3.05, 3.63) is 45.5 Å². The van der Waals surface area contributed by atoms with E-state index in [4.69, 9.17) is 0 Å². The second-order valence-electron chi connectivity index (χ2n) is 8.67. The first-order valence-electron chi connectivity index (χ1n) is 10.7. The smallest absolute Gasteiger partial charge is 0.226 e. The first-order valence-corrected chi connectivity index (χ1v) is 12.3. The maximum atomic E-state index is 13.2. The molecule has 1 aliphatic carbocycles. The van der Waals surface area contributed by atoms with Gasteiger partial charge < -0.3 is 15.1 Å². The Morgan fingerprint density at radius 1 is 1.29 bits per heavy atom. The number of carbonyl (C=O) groups is 1. The highest BCUT2D eigenvalue weighted by atomic mass is 79.9. The highest BCUT2D eigenvalue weighted by Crippen LogP contribution is 2.41. The number of thiophene rings is 1. The number of rotatable bonds is 4. The molecule has 2 atom stereocenters. The lowest BCUT2D eigenvalue weighted by atomic mass is 9.87. The van der Waals surface area contributed by atoms with E-state index in [0.29, 0.717) is 11.9 Å². The van der Waals surface area contributed by atoms with E-state index in [1.54, 1.807) is 17.7 Å². The van der Waals surface area contributed by atoms with E-state index < -0.39 is 0 Å².